The summed E-state index contributed by atoms with van der Waals surface area (Å²) in [6.45, 7) is 2.68. The summed E-state index contributed by atoms with van der Waals surface area (Å²) in [6, 6.07) is 17.6. The molecule has 0 aliphatic heterocycles. The largest absolute Gasteiger partial charge is 0.346 e. The summed E-state index contributed by atoms with van der Waals surface area (Å²) in [7, 11) is 0. The van der Waals surface area contributed by atoms with Gasteiger partial charge in [0.15, 0.2) is 0 Å². The molecule has 0 saturated heterocycles. The minimum Gasteiger partial charge on any atom is -0.346 e. The second-order valence-corrected chi connectivity index (χ2v) is 8.35. The molecule has 0 radical (unpaired) electrons. The van der Waals surface area contributed by atoms with Gasteiger partial charge in [-0.2, -0.15) is 0 Å². The number of amides is 2. The van der Waals surface area contributed by atoms with Gasteiger partial charge in [-0.05, 0) is 60.5 Å². The van der Waals surface area contributed by atoms with Crippen LogP contribution in [0.25, 0.3) is 21.9 Å². The monoisotopic (exact) mass is 473 g/mol. The minimum absolute atomic E-state index is 0.274. The van der Waals surface area contributed by atoms with Gasteiger partial charge in [-0.25, -0.2) is 9.78 Å². The molecule has 0 fully saturated rings. The Labute approximate surface area is 187 Å². The summed E-state index contributed by atoms with van der Waals surface area (Å²) in [6.07, 6.45) is 5.77. The van der Waals surface area contributed by atoms with Crippen LogP contribution in [0.3, 0.4) is 0 Å². The maximum atomic E-state index is 12.6. The number of urea groups is 1. The zero-order valence-electron chi connectivity index (χ0n) is 16.8. The number of H-pyrrole nitrogens is 1. The Balaban J connectivity index is 1.41. The molecule has 2 amide bonds. The molecule has 7 heteroatoms. The third-order valence-electron chi connectivity index (χ3n) is 5.40. The van der Waals surface area contributed by atoms with E-state index in [-0.39, 0.29) is 6.03 Å². The SMILES string of the molecule is Cc1ccc(Br)cc1NC(=O)Nc1cccc2c1ccn2Cc1ccnc2[nH]ccc12. The number of carbonyl (C=O) groups excluding carboxylic acids is 1. The molecule has 3 heterocycles. The minimum atomic E-state index is -0.274. The highest BCUT2D eigenvalue weighted by molar-refractivity contribution is 9.10. The van der Waals surface area contributed by atoms with Crippen LogP contribution in [0.5, 0.6) is 0 Å². The maximum Gasteiger partial charge on any atom is 0.323 e. The van der Waals surface area contributed by atoms with Crippen molar-refractivity contribution in [2.24, 2.45) is 0 Å². The molecule has 3 N–H and O–H groups in total. The van der Waals surface area contributed by atoms with Crippen LogP contribution in [0.2, 0.25) is 0 Å². The van der Waals surface area contributed by atoms with Gasteiger partial charge in [0.25, 0.3) is 0 Å². The zero-order chi connectivity index (χ0) is 21.4. The van der Waals surface area contributed by atoms with Gasteiger partial charge in [-0.1, -0.05) is 28.1 Å². The second-order valence-electron chi connectivity index (χ2n) is 7.43. The van der Waals surface area contributed by atoms with Gasteiger partial charge in [0.2, 0.25) is 0 Å². The van der Waals surface area contributed by atoms with Crippen LogP contribution in [-0.4, -0.2) is 20.6 Å². The first kappa shape index (κ1) is 19.4. The number of aromatic amines is 1. The Kier molecular flexibility index (Phi) is 4.95. The lowest BCUT2D eigenvalue weighted by Crippen LogP contribution is -2.20. The third kappa shape index (κ3) is 3.80. The van der Waals surface area contributed by atoms with Gasteiger partial charge >= 0.3 is 6.03 Å². The van der Waals surface area contributed by atoms with E-state index in [9.17, 15) is 4.79 Å². The molecule has 0 atom stereocenters. The molecular formula is C24H20BrN5O. The predicted octanol–water partition coefficient (Wildman–Crippen LogP) is 6.28. The summed E-state index contributed by atoms with van der Waals surface area (Å²) in [4.78, 5) is 20.2. The van der Waals surface area contributed by atoms with Crippen LogP contribution >= 0.6 is 15.9 Å². The van der Waals surface area contributed by atoms with E-state index in [1.165, 1.54) is 5.56 Å². The fourth-order valence-corrected chi connectivity index (χ4v) is 4.18. The fourth-order valence-electron chi connectivity index (χ4n) is 3.81. The first-order valence-corrected chi connectivity index (χ1v) is 10.7. The van der Waals surface area contributed by atoms with E-state index in [4.69, 9.17) is 0 Å². The third-order valence-corrected chi connectivity index (χ3v) is 5.89. The summed E-state index contributed by atoms with van der Waals surface area (Å²) in [5.41, 5.74) is 5.65. The molecule has 154 valence electrons. The fraction of sp³-hybridized carbons (Fsp3) is 0.0833. The summed E-state index contributed by atoms with van der Waals surface area (Å²) in [5.74, 6) is 0. The summed E-state index contributed by atoms with van der Waals surface area (Å²) >= 11 is 3.45. The molecule has 6 nitrogen and oxygen atoms in total. The number of nitrogens with one attached hydrogen (secondary N) is 3. The Morgan fingerprint density at radius 1 is 1.06 bits per heavy atom. The van der Waals surface area contributed by atoms with E-state index in [0.717, 1.165) is 43.3 Å². The molecule has 0 saturated carbocycles. The Morgan fingerprint density at radius 3 is 2.84 bits per heavy atom. The number of pyridine rings is 1. The molecule has 31 heavy (non-hydrogen) atoms. The van der Waals surface area contributed by atoms with Crippen molar-refractivity contribution in [3.8, 4) is 0 Å². The molecule has 2 aromatic carbocycles. The van der Waals surface area contributed by atoms with Crippen molar-refractivity contribution < 1.29 is 4.79 Å². The predicted molar refractivity (Wildman–Crippen MR) is 129 cm³/mol. The standard InChI is InChI=1S/C24H20BrN5O/c1-15-5-6-17(25)13-21(15)29-24(31)28-20-3-2-4-22-19(20)9-12-30(22)14-16-7-10-26-23-18(16)8-11-27-23/h2-13H,14H2,1H3,(H,26,27)(H2,28,29,31). The topological polar surface area (TPSA) is 74.7 Å². The van der Waals surface area contributed by atoms with Crippen molar-refractivity contribution in [2.75, 3.05) is 10.6 Å². The van der Waals surface area contributed by atoms with E-state index in [1.807, 2.05) is 74.0 Å². The van der Waals surface area contributed by atoms with Crippen LogP contribution in [0.4, 0.5) is 16.2 Å². The van der Waals surface area contributed by atoms with Gasteiger partial charge in [-0.15, -0.1) is 0 Å². The number of nitrogens with zero attached hydrogens (tertiary/aromatic N) is 2. The van der Waals surface area contributed by atoms with Crippen LogP contribution in [0.1, 0.15) is 11.1 Å². The molecule has 0 aliphatic carbocycles. The van der Waals surface area contributed by atoms with Crippen LogP contribution in [0.15, 0.2) is 77.7 Å². The van der Waals surface area contributed by atoms with Crippen LogP contribution in [0, 0.1) is 6.92 Å². The first-order chi connectivity index (χ1) is 15.1. The van der Waals surface area contributed by atoms with Crippen molar-refractivity contribution in [3.05, 3.63) is 88.8 Å². The molecule has 5 rings (SSSR count). The van der Waals surface area contributed by atoms with Crippen LogP contribution < -0.4 is 10.6 Å². The lowest BCUT2D eigenvalue weighted by Gasteiger charge is -2.12. The molecule has 3 aromatic heterocycles. The highest BCUT2D eigenvalue weighted by Crippen LogP contribution is 2.27. The van der Waals surface area contributed by atoms with E-state index >= 15 is 0 Å². The molecule has 0 aliphatic rings. The molecule has 0 unspecified atom stereocenters. The van der Waals surface area contributed by atoms with Crippen molar-refractivity contribution in [2.45, 2.75) is 13.5 Å². The second kappa shape index (κ2) is 7.92. The van der Waals surface area contributed by atoms with Crippen molar-refractivity contribution >= 4 is 55.3 Å². The van der Waals surface area contributed by atoms with Gasteiger partial charge in [0, 0.05) is 46.1 Å². The van der Waals surface area contributed by atoms with Gasteiger partial charge in [0.1, 0.15) is 5.65 Å². The highest BCUT2D eigenvalue weighted by atomic mass is 79.9. The Bertz CT molecular complexity index is 1420. The normalized spacial score (nSPS) is 11.2. The first-order valence-electron chi connectivity index (χ1n) is 9.91. The number of benzene rings is 2. The Hall–Kier alpha value is -3.58. The zero-order valence-corrected chi connectivity index (χ0v) is 18.4. The number of hydrogen-bond donors (Lipinski definition) is 3. The van der Waals surface area contributed by atoms with Gasteiger partial charge < -0.3 is 20.2 Å². The lowest BCUT2D eigenvalue weighted by atomic mass is 10.2. The van der Waals surface area contributed by atoms with Crippen molar-refractivity contribution in [3.63, 3.8) is 0 Å². The molecule has 0 spiro atoms. The summed E-state index contributed by atoms with van der Waals surface area (Å²) < 4.78 is 3.10. The number of hydrogen-bond acceptors (Lipinski definition) is 2. The van der Waals surface area contributed by atoms with E-state index in [0.29, 0.717) is 6.54 Å². The van der Waals surface area contributed by atoms with E-state index in [2.05, 4.69) is 47.2 Å². The number of halogens is 1. The quantitative estimate of drug-likeness (QED) is 0.287. The van der Waals surface area contributed by atoms with Gasteiger partial charge in [0.05, 0.1) is 11.2 Å². The average molecular weight is 474 g/mol. The maximum absolute atomic E-state index is 12.6. The number of anilines is 2. The number of aromatic nitrogens is 3. The average Bonchev–Trinajstić information content (AvgIpc) is 3.39. The van der Waals surface area contributed by atoms with E-state index < -0.39 is 0 Å². The molecular weight excluding hydrogens is 454 g/mol. The van der Waals surface area contributed by atoms with Crippen molar-refractivity contribution in [1.82, 2.24) is 14.5 Å². The molecule has 0 bridgehead atoms. The number of fused-ring (bicyclic) bond motifs is 2. The Morgan fingerprint density at radius 2 is 1.94 bits per heavy atom. The lowest BCUT2D eigenvalue weighted by molar-refractivity contribution is 0.262. The number of rotatable bonds is 4. The van der Waals surface area contributed by atoms with E-state index in [1.54, 1.807) is 0 Å². The number of aryl methyl sites for hydroxylation is 1. The van der Waals surface area contributed by atoms with Crippen LogP contribution in [-0.2, 0) is 6.54 Å². The molecule has 5 aromatic rings. The number of carbonyl (C=O) groups is 1. The summed E-state index contributed by atoms with van der Waals surface area (Å²) in [5, 5.41) is 8.02. The highest BCUT2D eigenvalue weighted by Gasteiger charge is 2.11. The van der Waals surface area contributed by atoms with Crippen molar-refractivity contribution in [1.29, 1.82) is 0 Å². The van der Waals surface area contributed by atoms with Gasteiger partial charge in [-0.3, -0.25) is 0 Å². The smallest absolute Gasteiger partial charge is 0.323 e.